The molecule has 2 aliphatic heterocycles. The van der Waals surface area contributed by atoms with Crippen LogP contribution >= 0.6 is 0 Å². The lowest BCUT2D eigenvalue weighted by molar-refractivity contribution is 0.0746. The summed E-state index contributed by atoms with van der Waals surface area (Å²) in [5, 5.41) is 0. The first kappa shape index (κ1) is 18.6. The number of carbonyl (C=O) groups excluding carboxylic acids is 1. The van der Waals surface area contributed by atoms with Crippen molar-refractivity contribution in [1.82, 2.24) is 19.8 Å². The first-order valence-electron chi connectivity index (χ1n) is 9.65. The van der Waals surface area contributed by atoms with Gasteiger partial charge in [-0.25, -0.2) is 14.4 Å². The number of hydrogen-bond acceptors (Lipinski definition) is 6. The molecule has 0 bridgehead atoms. The summed E-state index contributed by atoms with van der Waals surface area (Å²) in [6.07, 6.45) is 1.62. The van der Waals surface area contributed by atoms with Crippen LogP contribution < -0.4 is 9.80 Å². The van der Waals surface area contributed by atoms with Gasteiger partial charge in [-0.1, -0.05) is 0 Å². The third-order valence-corrected chi connectivity index (χ3v) is 5.45. The molecule has 0 saturated carbocycles. The number of hydrogen-bond donors (Lipinski definition) is 0. The van der Waals surface area contributed by atoms with Gasteiger partial charge < -0.3 is 19.6 Å². The van der Waals surface area contributed by atoms with E-state index in [0.29, 0.717) is 31.7 Å². The number of rotatable bonds is 3. The summed E-state index contributed by atoms with van der Waals surface area (Å²) < 4.78 is 13.1. The Labute approximate surface area is 164 Å². The molecule has 0 N–H and O–H groups in total. The van der Waals surface area contributed by atoms with Crippen molar-refractivity contribution in [2.45, 2.75) is 0 Å². The lowest BCUT2D eigenvalue weighted by Crippen LogP contribution is -2.49. The molecule has 2 aliphatic rings. The number of aromatic nitrogens is 2. The first-order chi connectivity index (χ1) is 13.6. The minimum Gasteiger partial charge on any atom is -0.354 e. The minimum absolute atomic E-state index is 0.0551. The normalized spacial score (nSPS) is 18.4. The number of halogens is 1. The van der Waals surface area contributed by atoms with Crippen molar-refractivity contribution in [2.75, 3.05) is 69.2 Å². The van der Waals surface area contributed by atoms with E-state index in [1.54, 1.807) is 6.33 Å². The second-order valence-electron chi connectivity index (χ2n) is 7.31. The van der Waals surface area contributed by atoms with Crippen molar-refractivity contribution in [3.05, 3.63) is 48.0 Å². The third-order valence-electron chi connectivity index (χ3n) is 5.45. The highest BCUT2D eigenvalue weighted by Crippen LogP contribution is 2.20. The fraction of sp³-hybridized carbons (Fsp3) is 0.450. The Hall–Kier alpha value is -2.74. The average molecular weight is 384 g/mol. The Bertz CT molecular complexity index is 814. The van der Waals surface area contributed by atoms with E-state index in [0.717, 1.165) is 37.8 Å². The Morgan fingerprint density at radius 3 is 1.96 bits per heavy atom. The summed E-state index contributed by atoms with van der Waals surface area (Å²) in [4.78, 5) is 30.1. The van der Waals surface area contributed by atoms with E-state index in [4.69, 9.17) is 0 Å². The van der Waals surface area contributed by atoms with Gasteiger partial charge in [0.2, 0.25) is 0 Å². The summed E-state index contributed by atoms with van der Waals surface area (Å²) in [6, 6.07) is 7.77. The van der Waals surface area contributed by atoms with Crippen molar-refractivity contribution < 1.29 is 9.18 Å². The molecule has 1 aromatic heterocycles. The van der Waals surface area contributed by atoms with Gasteiger partial charge in [-0.05, 0) is 31.3 Å². The Morgan fingerprint density at radius 2 is 1.39 bits per heavy atom. The van der Waals surface area contributed by atoms with Crippen molar-refractivity contribution in [3.63, 3.8) is 0 Å². The molecule has 1 amide bonds. The predicted molar refractivity (Wildman–Crippen MR) is 106 cm³/mol. The molecule has 0 atom stereocenters. The number of anilines is 2. The highest BCUT2D eigenvalue weighted by atomic mass is 19.1. The topological polar surface area (TPSA) is 55.8 Å². The fourth-order valence-electron chi connectivity index (χ4n) is 3.63. The molecule has 3 heterocycles. The molecule has 1 aromatic carbocycles. The summed E-state index contributed by atoms with van der Waals surface area (Å²) >= 11 is 0. The Balaban J connectivity index is 1.38. The van der Waals surface area contributed by atoms with E-state index in [1.807, 2.05) is 11.0 Å². The van der Waals surface area contributed by atoms with Gasteiger partial charge >= 0.3 is 0 Å². The van der Waals surface area contributed by atoms with Gasteiger partial charge in [-0.3, -0.25) is 4.79 Å². The predicted octanol–water partition coefficient (Wildman–Crippen LogP) is 1.33. The second-order valence-corrected chi connectivity index (χ2v) is 7.31. The van der Waals surface area contributed by atoms with Crippen molar-refractivity contribution >= 4 is 17.5 Å². The van der Waals surface area contributed by atoms with Crippen molar-refractivity contribution in [2.24, 2.45) is 0 Å². The van der Waals surface area contributed by atoms with Crippen LogP contribution in [0.1, 0.15) is 10.4 Å². The van der Waals surface area contributed by atoms with Crippen LogP contribution in [0.25, 0.3) is 0 Å². The molecule has 4 rings (SSSR count). The highest BCUT2D eigenvalue weighted by Gasteiger charge is 2.24. The molecule has 2 fully saturated rings. The van der Waals surface area contributed by atoms with Crippen LogP contribution in [0.15, 0.2) is 36.7 Å². The van der Waals surface area contributed by atoms with Crippen molar-refractivity contribution in [1.29, 1.82) is 0 Å². The molecule has 2 aromatic rings. The van der Waals surface area contributed by atoms with Crippen LogP contribution in [-0.2, 0) is 0 Å². The van der Waals surface area contributed by atoms with E-state index in [-0.39, 0.29) is 11.7 Å². The monoisotopic (exact) mass is 384 g/mol. The maximum Gasteiger partial charge on any atom is 0.253 e. The maximum absolute atomic E-state index is 13.1. The van der Waals surface area contributed by atoms with Crippen LogP contribution in [0.5, 0.6) is 0 Å². The number of likely N-dealkylation sites (N-methyl/N-ethyl adjacent to an activating group) is 1. The van der Waals surface area contributed by atoms with Crippen LogP contribution in [0.4, 0.5) is 16.0 Å². The number of nitrogens with zero attached hydrogens (tertiary/aromatic N) is 6. The zero-order valence-corrected chi connectivity index (χ0v) is 16.1. The van der Waals surface area contributed by atoms with Gasteiger partial charge in [-0.2, -0.15) is 0 Å². The van der Waals surface area contributed by atoms with Gasteiger partial charge in [-0.15, -0.1) is 0 Å². The molecule has 0 aliphatic carbocycles. The molecule has 7 nitrogen and oxygen atoms in total. The maximum atomic E-state index is 13.1. The molecular formula is C20H25FN6O. The van der Waals surface area contributed by atoms with Gasteiger partial charge in [0.05, 0.1) is 0 Å². The minimum atomic E-state index is -0.332. The average Bonchev–Trinajstić information content (AvgIpc) is 2.74. The van der Waals surface area contributed by atoms with Gasteiger partial charge in [0.15, 0.2) is 0 Å². The van der Waals surface area contributed by atoms with Crippen LogP contribution in [0.2, 0.25) is 0 Å². The van der Waals surface area contributed by atoms with E-state index in [9.17, 15) is 9.18 Å². The zero-order valence-electron chi connectivity index (χ0n) is 16.1. The number of benzene rings is 1. The second kappa shape index (κ2) is 8.10. The van der Waals surface area contributed by atoms with Gasteiger partial charge in [0, 0.05) is 64.0 Å². The quantitative estimate of drug-likeness (QED) is 0.796. The smallest absolute Gasteiger partial charge is 0.253 e. The number of piperazine rings is 2. The third kappa shape index (κ3) is 4.06. The molecule has 0 spiro atoms. The molecule has 28 heavy (non-hydrogen) atoms. The van der Waals surface area contributed by atoms with E-state index in [2.05, 4.69) is 31.7 Å². The van der Waals surface area contributed by atoms with E-state index in [1.165, 1.54) is 24.3 Å². The summed E-state index contributed by atoms with van der Waals surface area (Å²) in [5.74, 6) is 1.47. The molecule has 2 saturated heterocycles. The molecular weight excluding hydrogens is 359 g/mol. The lowest BCUT2D eigenvalue weighted by Gasteiger charge is -2.36. The number of amides is 1. The first-order valence-corrected chi connectivity index (χ1v) is 9.65. The fourth-order valence-corrected chi connectivity index (χ4v) is 3.63. The van der Waals surface area contributed by atoms with Crippen LogP contribution in [0, 0.1) is 5.82 Å². The largest absolute Gasteiger partial charge is 0.354 e. The van der Waals surface area contributed by atoms with Gasteiger partial charge in [0.1, 0.15) is 23.8 Å². The molecule has 148 valence electrons. The van der Waals surface area contributed by atoms with Gasteiger partial charge in [0.25, 0.3) is 5.91 Å². The zero-order chi connectivity index (χ0) is 19.5. The Kier molecular flexibility index (Phi) is 5.38. The van der Waals surface area contributed by atoms with Crippen LogP contribution in [0.3, 0.4) is 0 Å². The van der Waals surface area contributed by atoms with E-state index >= 15 is 0 Å². The SMILES string of the molecule is CN1CCN(c2cc(N3CCN(C(=O)c4ccc(F)cc4)CC3)ncn2)CC1. The summed E-state index contributed by atoms with van der Waals surface area (Å²) in [5.41, 5.74) is 0.522. The number of carbonyl (C=O) groups is 1. The summed E-state index contributed by atoms with van der Waals surface area (Å²) in [7, 11) is 2.13. The molecule has 0 unspecified atom stereocenters. The highest BCUT2D eigenvalue weighted by molar-refractivity contribution is 5.94. The Morgan fingerprint density at radius 1 is 0.857 bits per heavy atom. The molecule has 8 heteroatoms. The summed E-state index contributed by atoms with van der Waals surface area (Å²) in [6.45, 7) is 6.65. The lowest BCUT2D eigenvalue weighted by atomic mass is 10.2. The van der Waals surface area contributed by atoms with E-state index < -0.39 is 0 Å². The van der Waals surface area contributed by atoms with Crippen molar-refractivity contribution in [3.8, 4) is 0 Å². The van der Waals surface area contributed by atoms with Crippen LogP contribution in [-0.4, -0.2) is 85.1 Å². The molecule has 0 radical (unpaired) electrons. The standard InChI is InChI=1S/C20H25FN6O/c1-24-6-8-25(9-7-24)18-14-19(23-15-22-18)26-10-12-27(13-11-26)20(28)16-2-4-17(21)5-3-16/h2-5,14-15H,6-13H2,1H3.